The van der Waals surface area contributed by atoms with Crippen LogP contribution in [0.15, 0.2) is 18.2 Å². The normalized spacial score (nSPS) is 15.1. The molecule has 1 saturated carbocycles. The molecule has 0 aliphatic heterocycles. The van der Waals surface area contributed by atoms with Crippen LogP contribution in [-0.4, -0.2) is 22.5 Å². The number of nitrogens with two attached hydrogens (primary N) is 1. The fourth-order valence-electron chi connectivity index (χ4n) is 1.96. The Hall–Kier alpha value is -0.350. The van der Waals surface area contributed by atoms with Crippen molar-refractivity contribution in [1.82, 2.24) is 4.90 Å². The second kappa shape index (κ2) is 6.20. The molecule has 2 nitrogen and oxygen atoms in total. The van der Waals surface area contributed by atoms with Crippen molar-refractivity contribution in [2.45, 2.75) is 31.8 Å². The number of hydrogen-bond donors (Lipinski definition) is 1. The van der Waals surface area contributed by atoms with E-state index in [1.165, 1.54) is 18.4 Å². The molecule has 0 heterocycles. The average Bonchev–Trinajstić information content (AvgIpc) is 3.13. The van der Waals surface area contributed by atoms with Crippen LogP contribution in [0.3, 0.4) is 0 Å². The van der Waals surface area contributed by atoms with Crippen LogP contribution in [0.1, 0.15) is 24.8 Å². The van der Waals surface area contributed by atoms with Gasteiger partial charge in [-0.2, -0.15) is 0 Å². The van der Waals surface area contributed by atoms with Crippen molar-refractivity contribution in [2.24, 2.45) is 5.73 Å². The SMILES string of the molecule is NC(=S)CCN(Cc1ccc(Cl)c(Cl)c1)C1CC1. The summed E-state index contributed by atoms with van der Waals surface area (Å²) in [4.78, 5) is 2.99. The molecule has 0 spiro atoms. The first-order valence-electron chi connectivity index (χ1n) is 6.02. The summed E-state index contributed by atoms with van der Waals surface area (Å²) in [5.74, 6) is 0. The molecule has 2 rings (SSSR count). The first-order valence-corrected chi connectivity index (χ1v) is 7.19. The van der Waals surface area contributed by atoms with Gasteiger partial charge in [0.2, 0.25) is 0 Å². The third-order valence-corrected chi connectivity index (χ3v) is 4.02. The van der Waals surface area contributed by atoms with Gasteiger partial charge in [0.05, 0.1) is 15.0 Å². The molecule has 0 aromatic heterocycles. The smallest absolute Gasteiger partial charge is 0.0740 e. The molecule has 0 unspecified atom stereocenters. The molecule has 2 N–H and O–H groups in total. The third-order valence-electron chi connectivity index (χ3n) is 3.08. The summed E-state index contributed by atoms with van der Waals surface area (Å²) in [7, 11) is 0. The molecule has 0 bridgehead atoms. The van der Waals surface area contributed by atoms with E-state index < -0.39 is 0 Å². The lowest BCUT2D eigenvalue weighted by molar-refractivity contribution is 0.262. The minimum Gasteiger partial charge on any atom is -0.393 e. The lowest BCUT2D eigenvalue weighted by Gasteiger charge is -2.22. The molecule has 1 fully saturated rings. The van der Waals surface area contributed by atoms with Gasteiger partial charge >= 0.3 is 0 Å². The Morgan fingerprint density at radius 1 is 1.33 bits per heavy atom. The number of hydrogen-bond acceptors (Lipinski definition) is 2. The zero-order chi connectivity index (χ0) is 13.1. The van der Waals surface area contributed by atoms with Crippen LogP contribution in [0.5, 0.6) is 0 Å². The van der Waals surface area contributed by atoms with Crippen molar-refractivity contribution in [2.75, 3.05) is 6.54 Å². The van der Waals surface area contributed by atoms with Crippen molar-refractivity contribution in [3.63, 3.8) is 0 Å². The number of rotatable bonds is 6. The van der Waals surface area contributed by atoms with Gasteiger partial charge in [0.1, 0.15) is 0 Å². The molecule has 18 heavy (non-hydrogen) atoms. The monoisotopic (exact) mass is 302 g/mol. The fourth-order valence-corrected chi connectivity index (χ4v) is 2.37. The topological polar surface area (TPSA) is 29.3 Å². The van der Waals surface area contributed by atoms with Gasteiger partial charge in [-0.15, -0.1) is 0 Å². The van der Waals surface area contributed by atoms with Crippen LogP contribution in [0.4, 0.5) is 0 Å². The van der Waals surface area contributed by atoms with Crippen LogP contribution in [0.25, 0.3) is 0 Å². The van der Waals surface area contributed by atoms with E-state index in [-0.39, 0.29) is 0 Å². The van der Waals surface area contributed by atoms with Gasteiger partial charge in [0.25, 0.3) is 0 Å². The predicted octanol–water partition coefficient (Wildman–Crippen LogP) is 3.63. The number of benzene rings is 1. The first-order chi connectivity index (χ1) is 8.56. The number of halogens is 2. The Morgan fingerprint density at radius 3 is 2.61 bits per heavy atom. The molecule has 0 amide bonds. The summed E-state index contributed by atoms with van der Waals surface area (Å²) in [6.45, 7) is 1.80. The highest BCUT2D eigenvalue weighted by Crippen LogP contribution is 2.30. The summed E-state index contributed by atoms with van der Waals surface area (Å²) in [5, 5.41) is 1.21. The highest BCUT2D eigenvalue weighted by Gasteiger charge is 2.28. The molecule has 1 aromatic rings. The minimum atomic E-state index is 0.579. The molecule has 1 aliphatic carbocycles. The van der Waals surface area contributed by atoms with E-state index in [0.29, 0.717) is 21.1 Å². The average molecular weight is 303 g/mol. The zero-order valence-corrected chi connectivity index (χ0v) is 12.4. The number of nitrogens with zero attached hydrogens (tertiary/aromatic N) is 1. The van der Waals surface area contributed by atoms with Crippen molar-refractivity contribution in [3.05, 3.63) is 33.8 Å². The maximum atomic E-state index is 6.03. The van der Waals surface area contributed by atoms with Crippen LogP contribution in [-0.2, 0) is 6.54 Å². The Labute approximate surface area is 123 Å². The second-order valence-electron chi connectivity index (χ2n) is 4.67. The molecule has 0 atom stereocenters. The molecular formula is C13H16Cl2N2S. The van der Waals surface area contributed by atoms with Crippen LogP contribution in [0.2, 0.25) is 10.0 Å². The van der Waals surface area contributed by atoms with Gasteiger partial charge < -0.3 is 5.73 Å². The Balaban J connectivity index is 1.99. The maximum absolute atomic E-state index is 6.03. The first kappa shape index (κ1) is 14.1. The largest absolute Gasteiger partial charge is 0.393 e. The van der Waals surface area contributed by atoms with Crippen molar-refractivity contribution in [3.8, 4) is 0 Å². The van der Waals surface area contributed by atoms with E-state index in [4.69, 9.17) is 41.2 Å². The minimum absolute atomic E-state index is 0.579. The highest BCUT2D eigenvalue weighted by atomic mass is 35.5. The molecule has 0 saturated heterocycles. The highest BCUT2D eigenvalue weighted by molar-refractivity contribution is 7.80. The van der Waals surface area contributed by atoms with Gasteiger partial charge in [-0.1, -0.05) is 41.5 Å². The summed E-state index contributed by atoms with van der Waals surface area (Å²) in [5.41, 5.74) is 6.74. The Bertz CT molecular complexity index is 447. The summed E-state index contributed by atoms with van der Waals surface area (Å²) < 4.78 is 0. The van der Waals surface area contributed by atoms with E-state index in [9.17, 15) is 0 Å². The third kappa shape index (κ3) is 4.09. The van der Waals surface area contributed by atoms with E-state index in [0.717, 1.165) is 19.5 Å². The lowest BCUT2D eigenvalue weighted by atomic mass is 10.2. The summed E-state index contributed by atoms with van der Waals surface area (Å²) in [6, 6.07) is 6.47. The Kier molecular flexibility index (Phi) is 4.84. The van der Waals surface area contributed by atoms with Gasteiger partial charge in [0, 0.05) is 25.6 Å². The van der Waals surface area contributed by atoms with Crippen molar-refractivity contribution >= 4 is 40.4 Å². The molecular weight excluding hydrogens is 287 g/mol. The van der Waals surface area contributed by atoms with Crippen LogP contribution < -0.4 is 5.73 Å². The summed E-state index contributed by atoms with van der Waals surface area (Å²) in [6.07, 6.45) is 3.30. The zero-order valence-electron chi connectivity index (χ0n) is 10.0. The lowest BCUT2D eigenvalue weighted by Crippen LogP contribution is -2.29. The van der Waals surface area contributed by atoms with Crippen LogP contribution >= 0.6 is 35.4 Å². The predicted molar refractivity (Wildman–Crippen MR) is 81.3 cm³/mol. The maximum Gasteiger partial charge on any atom is 0.0740 e. The molecule has 5 heteroatoms. The van der Waals surface area contributed by atoms with E-state index >= 15 is 0 Å². The van der Waals surface area contributed by atoms with Crippen molar-refractivity contribution in [1.29, 1.82) is 0 Å². The van der Waals surface area contributed by atoms with Gasteiger partial charge in [-0.05, 0) is 30.5 Å². The van der Waals surface area contributed by atoms with E-state index in [1.54, 1.807) is 0 Å². The molecule has 0 radical (unpaired) electrons. The van der Waals surface area contributed by atoms with Crippen molar-refractivity contribution < 1.29 is 0 Å². The van der Waals surface area contributed by atoms with Gasteiger partial charge in [0.15, 0.2) is 0 Å². The van der Waals surface area contributed by atoms with Gasteiger partial charge in [-0.25, -0.2) is 0 Å². The number of thiocarbonyl (C=S) groups is 1. The molecule has 1 aromatic carbocycles. The fraction of sp³-hybridized carbons (Fsp3) is 0.462. The van der Waals surface area contributed by atoms with Crippen LogP contribution in [0, 0.1) is 0 Å². The van der Waals surface area contributed by atoms with E-state index in [2.05, 4.69) is 4.90 Å². The summed E-state index contributed by atoms with van der Waals surface area (Å²) >= 11 is 16.9. The quantitative estimate of drug-likeness (QED) is 0.814. The standard InChI is InChI=1S/C13H16Cl2N2S/c14-11-4-1-9(7-12(11)15)8-17(10-2-3-10)6-5-13(16)18/h1,4,7,10H,2-3,5-6,8H2,(H2,16,18). The van der Waals surface area contributed by atoms with E-state index in [1.807, 2.05) is 18.2 Å². The molecule has 98 valence electrons. The molecule has 1 aliphatic rings. The Morgan fingerprint density at radius 2 is 2.06 bits per heavy atom. The second-order valence-corrected chi connectivity index (χ2v) is 6.01. The van der Waals surface area contributed by atoms with Gasteiger partial charge in [-0.3, -0.25) is 4.90 Å².